The number of rotatable bonds is 7. The molecular weight excluding hydrogens is 454 g/mol. The van der Waals surface area contributed by atoms with E-state index < -0.39 is 0 Å². The van der Waals surface area contributed by atoms with E-state index in [4.69, 9.17) is 4.74 Å². The summed E-state index contributed by atoms with van der Waals surface area (Å²) in [6.07, 6.45) is 3.08. The largest absolute Gasteiger partial charge is 0.365 e. The highest BCUT2D eigenvalue weighted by atomic mass is 16.5. The topological polar surface area (TPSA) is 89.4 Å². The minimum absolute atomic E-state index is 0.0570. The minimum atomic E-state index is -0.129. The molecule has 1 N–H and O–H groups in total. The molecule has 0 bridgehead atoms. The van der Waals surface area contributed by atoms with Gasteiger partial charge in [0.15, 0.2) is 5.69 Å². The zero-order valence-electron chi connectivity index (χ0n) is 20.7. The number of likely N-dealkylation sites (tertiary alicyclic amines) is 1. The molecule has 1 fully saturated rings. The van der Waals surface area contributed by atoms with Gasteiger partial charge in [-0.1, -0.05) is 65.4 Å². The molecule has 3 heterocycles. The van der Waals surface area contributed by atoms with Crippen LogP contribution in [0.3, 0.4) is 0 Å². The lowest BCUT2D eigenvalue weighted by atomic mass is 9.95. The Morgan fingerprint density at radius 1 is 1.06 bits per heavy atom. The van der Waals surface area contributed by atoms with Crippen molar-refractivity contribution in [2.75, 3.05) is 19.6 Å². The van der Waals surface area contributed by atoms with Crippen LogP contribution < -0.4 is 5.32 Å². The van der Waals surface area contributed by atoms with Crippen LogP contribution in [0, 0.1) is 12.8 Å². The maximum Gasteiger partial charge on any atom is 0.276 e. The molecule has 1 atom stereocenters. The van der Waals surface area contributed by atoms with Gasteiger partial charge in [-0.25, -0.2) is 4.68 Å². The molecule has 5 rings (SSSR count). The predicted octanol–water partition coefficient (Wildman–Crippen LogP) is 3.46. The molecule has 0 radical (unpaired) electrons. The Morgan fingerprint density at radius 3 is 2.56 bits per heavy atom. The lowest BCUT2D eigenvalue weighted by molar-refractivity contribution is -0.126. The SMILES string of the molecule is Cc1ccc([C@@H]2Cn3nnc(C(=O)N4CCC(C(=O)NCCCc5ccccc5)CC4)c3CO2)cc1. The zero-order valence-corrected chi connectivity index (χ0v) is 20.7. The molecule has 8 nitrogen and oxygen atoms in total. The maximum absolute atomic E-state index is 13.2. The summed E-state index contributed by atoms with van der Waals surface area (Å²) in [7, 11) is 0. The van der Waals surface area contributed by atoms with Crippen molar-refractivity contribution in [1.82, 2.24) is 25.2 Å². The summed E-state index contributed by atoms with van der Waals surface area (Å²) >= 11 is 0. The lowest BCUT2D eigenvalue weighted by Gasteiger charge is -2.31. The average Bonchev–Trinajstić information content (AvgIpc) is 3.35. The Kier molecular flexibility index (Phi) is 7.41. The van der Waals surface area contributed by atoms with Crippen LogP contribution in [0.2, 0.25) is 0 Å². The quantitative estimate of drug-likeness (QED) is 0.516. The normalized spacial score (nSPS) is 18.0. The van der Waals surface area contributed by atoms with Gasteiger partial charge >= 0.3 is 0 Å². The number of fused-ring (bicyclic) bond motifs is 1. The number of hydrogen-bond acceptors (Lipinski definition) is 5. The van der Waals surface area contributed by atoms with Crippen molar-refractivity contribution in [3.8, 4) is 0 Å². The monoisotopic (exact) mass is 487 g/mol. The molecule has 2 aromatic carbocycles. The second kappa shape index (κ2) is 11.0. The molecule has 36 heavy (non-hydrogen) atoms. The van der Waals surface area contributed by atoms with E-state index in [2.05, 4.69) is 59.0 Å². The molecule has 8 heteroatoms. The number of carbonyl (C=O) groups is 2. The third kappa shape index (κ3) is 5.49. The standard InChI is InChI=1S/C28H33N5O3/c1-20-9-11-22(12-10-20)25-18-33-24(19-36-25)26(30-31-33)28(35)32-16-13-23(14-17-32)27(34)29-15-5-8-21-6-3-2-4-7-21/h2-4,6-7,9-12,23,25H,5,8,13-19H2,1H3,(H,29,34)/t25-/m0/s1. The second-order valence-electron chi connectivity index (χ2n) is 9.72. The fourth-order valence-electron chi connectivity index (χ4n) is 4.95. The third-order valence-corrected chi connectivity index (χ3v) is 7.19. The van der Waals surface area contributed by atoms with Crippen LogP contribution in [0.25, 0.3) is 0 Å². The fourth-order valence-corrected chi connectivity index (χ4v) is 4.95. The van der Waals surface area contributed by atoms with Crippen LogP contribution in [0.1, 0.15) is 58.2 Å². The molecule has 2 aliphatic heterocycles. The Balaban J connectivity index is 1.10. The van der Waals surface area contributed by atoms with Crippen LogP contribution in [0.4, 0.5) is 0 Å². The van der Waals surface area contributed by atoms with Crippen LogP contribution in [-0.2, 0) is 29.1 Å². The number of piperidine rings is 1. The molecule has 0 unspecified atom stereocenters. The third-order valence-electron chi connectivity index (χ3n) is 7.19. The van der Waals surface area contributed by atoms with Gasteiger partial charge in [-0.3, -0.25) is 9.59 Å². The molecular formula is C28H33N5O3. The van der Waals surface area contributed by atoms with Crippen molar-refractivity contribution in [2.45, 2.75) is 51.9 Å². The first-order valence-corrected chi connectivity index (χ1v) is 12.8. The van der Waals surface area contributed by atoms with Crippen molar-refractivity contribution in [2.24, 2.45) is 5.92 Å². The summed E-state index contributed by atoms with van der Waals surface area (Å²) in [4.78, 5) is 27.6. The van der Waals surface area contributed by atoms with Crippen molar-refractivity contribution in [3.63, 3.8) is 0 Å². The smallest absolute Gasteiger partial charge is 0.276 e. The Bertz CT molecular complexity index is 1180. The second-order valence-corrected chi connectivity index (χ2v) is 9.72. The fraction of sp³-hybridized carbons (Fsp3) is 0.429. The highest BCUT2D eigenvalue weighted by Gasteiger charge is 2.33. The Labute approximate surface area is 211 Å². The van der Waals surface area contributed by atoms with Crippen molar-refractivity contribution >= 4 is 11.8 Å². The van der Waals surface area contributed by atoms with E-state index in [1.165, 1.54) is 11.1 Å². The van der Waals surface area contributed by atoms with Crippen molar-refractivity contribution < 1.29 is 14.3 Å². The molecule has 0 spiro atoms. The average molecular weight is 488 g/mol. The number of aromatic nitrogens is 3. The van der Waals surface area contributed by atoms with Crippen LogP contribution in [0.15, 0.2) is 54.6 Å². The van der Waals surface area contributed by atoms with E-state index in [0.717, 1.165) is 24.1 Å². The highest BCUT2D eigenvalue weighted by molar-refractivity contribution is 5.93. The van der Waals surface area contributed by atoms with Gasteiger partial charge in [0.25, 0.3) is 5.91 Å². The molecule has 1 saturated heterocycles. The minimum Gasteiger partial charge on any atom is -0.365 e. The van der Waals surface area contributed by atoms with E-state index in [0.29, 0.717) is 51.3 Å². The van der Waals surface area contributed by atoms with Gasteiger partial charge in [0.2, 0.25) is 5.91 Å². The summed E-state index contributed by atoms with van der Waals surface area (Å²) in [5.41, 5.74) is 4.66. The van der Waals surface area contributed by atoms with E-state index in [-0.39, 0.29) is 23.8 Å². The molecule has 2 amide bonds. The van der Waals surface area contributed by atoms with E-state index >= 15 is 0 Å². The van der Waals surface area contributed by atoms with Gasteiger partial charge in [-0.15, -0.1) is 5.10 Å². The number of benzene rings is 2. The molecule has 3 aromatic rings. The first-order chi connectivity index (χ1) is 17.6. The molecule has 0 saturated carbocycles. The van der Waals surface area contributed by atoms with Crippen LogP contribution in [-0.4, -0.2) is 51.3 Å². The first-order valence-electron chi connectivity index (χ1n) is 12.8. The van der Waals surface area contributed by atoms with E-state index in [9.17, 15) is 9.59 Å². The van der Waals surface area contributed by atoms with Gasteiger partial charge in [0.05, 0.1) is 18.8 Å². The molecule has 1 aromatic heterocycles. The molecule has 2 aliphatic rings. The highest BCUT2D eigenvalue weighted by Crippen LogP contribution is 2.28. The number of aryl methyl sites for hydroxylation is 2. The molecule has 188 valence electrons. The van der Waals surface area contributed by atoms with Gasteiger partial charge in [0, 0.05) is 25.6 Å². The Morgan fingerprint density at radius 2 is 1.81 bits per heavy atom. The number of amides is 2. The summed E-state index contributed by atoms with van der Waals surface area (Å²) < 4.78 is 7.85. The van der Waals surface area contributed by atoms with Gasteiger partial charge in [-0.05, 0) is 43.7 Å². The van der Waals surface area contributed by atoms with Crippen LogP contribution in [0.5, 0.6) is 0 Å². The lowest BCUT2D eigenvalue weighted by Crippen LogP contribution is -2.43. The summed E-state index contributed by atoms with van der Waals surface area (Å²) in [5.74, 6) is -0.0967. The zero-order chi connectivity index (χ0) is 24.9. The van der Waals surface area contributed by atoms with Crippen molar-refractivity contribution in [1.29, 1.82) is 0 Å². The predicted molar refractivity (Wildman–Crippen MR) is 135 cm³/mol. The first kappa shape index (κ1) is 24.2. The maximum atomic E-state index is 13.2. The number of nitrogens with one attached hydrogen (secondary N) is 1. The van der Waals surface area contributed by atoms with Crippen LogP contribution >= 0.6 is 0 Å². The summed E-state index contributed by atoms with van der Waals surface area (Å²) in [5, 5.41) is 11.5. The van der Waals surface area contributed by atoms with E-state index in [1.807, 2.05) is 18.2 Å². The Hall–Kier alpha value is -3.52. The van der Waals surface area contributed by atoms with Crippen molar-refractivity contribution in [3.05, 3.63) is 82.7 Å². The number of nitrogens with zero attached hydrogens (tertiary/aromatic N) is 4. The molecule has 0 aliphatic carbocycles. The summed E-state index contributed by atoms with van der Waals surface area (Å²) in [6.45, 7) is 4.64. The number of hydrogen-bond donors (Lipinski definition) is 1. The van der Waals surface area contributed by atoms with Gasteiger partial charge in [-0.2, -0.15) is 0 Å². The summed E-state index contributed by atoms with van der Waals surface area (Å²) in [6, 6.07) is 18.6. The number of carbonyl (C=O) groups excluding carboxylic acids is 2. The number of ether oxygens (including phenoxy) is 1. The van der Waals surface area contributed by atoms with Gasteiger partial charge < -0.3 is 15.0 Å². The van der Waals surface area contributed by atoms with E-state index in [1.54, 1.807) is 9.58 Å². The van der Waals surface area contributed by atoms with Gasteiger partial charge in [0.1, 0.15) is 6.10 Å².